The number of aromatic carboxylic acids is 1. The Morgan fingerprint density at radius 1 is 1.24 bits per heavy atom. The molecule has 86 valence electrons. The van der Waals surface area contributed by atoms with Gasteiger partial charge in [-0.1, -0.05) is 12.0 Å². The molecule has 1 heterocycles. The zero-order valence-electron chi connectivity index (χ0n) is 9.36. The topological polar surface area (TPSA) is 49.3 Å². The van der Waals surface area contributed by atoms with Gasteiger partial charge in [-0.25, -0.2) is 4.79 Å². The highest BCUT2D eigenvalue weighted by Gasteiger charge is 2.00. The standard InChI is InChI=1S/C14H13NO2/c16-14(17)12-7-4-11(5-8-12)6-9-13-3-1-2-10-15-13/h3-5,7-8,15H,1-2,10H2,(H,16,17). The van der Waals surface area contributed by atoms with Gasteiger partial charge in [0.1, 0.15) is 0 Å². The number of nitrogens with one attached hydrogen (secondary N) is 1. The number of benzene rings is 1. The van der Waals surface area contributed by atoms with Crippen LogP contribution in [-0.4, -0.2) is 17.6 Å². The summed E-state index contributed by atoms with van der Waals surface area (Å²) in [6.45, 7) is 0.971. The maximum absolute atomic E-state index is 10.7. The molecular formula is C14H13NO2. The van der Waals surface area contributed by atoms with Crippen molar-refractivity contribution in [3.05, 3.63) is 47.2 Å². The van der Waals surface area contributed by atoms with Crippen molar-refractivity contribution < 1.29 is 9.90 Å². The van der Waals surface area contributed by atoms with Crippen molar-refractivity contribution in [3.63, 3.8) is 0 Å². The van der Waals surface area contributed by atoms with Crippen molar-refractivity contribution in [3.8, 4) is 11.8 Å². The monoisotopic (exact) mass is 227 g/mol. The molecule has 1 aliphatic rings. The van der Waals surface area contributed by atoms with Crippen LogP contribution in [0.25, 0.3) is 0 Å². The highest BCUT2D eigenvalue weighted by atomic mass is 16.4. The Kier molecular flexibility index (Phi) is 3.46. The first-order valence-corrected chi connectivity index (χ1v) is 5.55. The van der Waals surface area contributed by atoms with Crippen LogP contribution in [0.1, 0.15) is 28.8 Å². The molecule has 2 rings (SSSR count). The van der Waals surface area contributed by atoms with Crippen LogP contribution in [0, 0.1) is 11.8 Å². The second kappa shape index (κ2) is 5.22. The average molecular weight is 227 g/mol. The van der Waals surface area contributed by atoms with Crippen LogP contribution in [-0.2, 0) is 0 Å². The van der Waals surface area contributed by atoms with Crippen molar-refractivity contribution in [1.82, 2.24) is 5.32 Å². The third-order valence-electron chi connectivity index (χ3n) is 2.52. The van der Waals surface area contributed by atoms with Gasteiger partial charge in [0.05, 0.1) is 11.3 Å². The zero-order valence-corrected chi connectivity index (χ0v) is 9.36. The van der Waals surface area contributed by atoms with E-state index >= 15 is 0 Å². The Morgan fingerprint density at radius 3 is 2.59 bits per heavy atom. The molecule has 17 heavy (non-hydrogen) atoms. The summed E-state index contributed by atoms with van der Waals surface area (Å²) < 4.78 is 0. The number of hydrogen-bond donors (Lipinski definition) is 2. The molecule has 0 atom stereocenters. The predicted molar refractivity (Wildman–Crippen MR) is 65.6 cm³/mol. The second-order valence-electron chi connectivity index (χ2n) is 3.82. The normalized spacial score (nSPS) is 14.0. The summed E-state index contributed by atoms with van der Waals surface area (Å²) in [5.74, 6) is 5.13. The lowest BCUT2D eigenvalue weighted by Crippen LogP contribution is -2.17. The summed E-state index contributed by atoms with van der Waals surface area (Å²) in [5.41, 5.74) is 2.06. The number of carboxylic acids is 1. The van der Waals surface area contributed by atoms with Crippen LogP contribution in [0.2, 0.25) is 0 Å². The first kappa shape index (κ1) is 11.3. The van der Waals surface area contributed by atoms with Crippen LogP contribution >= 0.6 is 0 Å². The molecule has 0 bridgehead atoms. The third-order valence-corrected chi connectivity index (χ3v) is 2.52. The van der Waals surface area contributed by atoms with Crippen molar-refractivity contribution in [1.29, 1.82) is 0 Å². The highest BCUT2D eigenvalue weighted by Crippen LogP contribution is 2.05. The zero-order chi connectivity index (χ0) is 12.1. The van der Waals surface area contributed by atoms with Crippen molar-refractivity contribution in [2.75, 3.05) is 6.54 Å². The van der Waals surface area contributed by atoms with E-state index in [2.05, 4.69) is 23.2 Å². The number of hydrogen-bond acceptors (Lipinski definition) is 2. The molecule has 0 radical (unpaired) electrons. The summed E-state index contributed by atoms with van der Waals surface area (Å²) in [5, 5.41) is 12.0. The van der Waals surface area contributed by atoms with Crippen molar-refractivity contribution >= 4 is 5.97 Å². The summed E-state index contributed by atoms with van der Waals surface area (Å²) in [6, 6.07) is 6.57. The largest absolute Gasteiger partial charge is 0.478 e. The van der Waals surface area contributed by atoms with Gasteiger partial charge >= 0.3 is 5.97 Å². The van der Waals surface area contributed by atoms with Gasteiger partial charge < -0.3 is 10.4 Å². The number of carboxylic acid groups (broad SMARTS) is 1. The smallest absolute Gasteiger partial charge is 0.335 e. The van der Waals surface area contributed by atoms with E-state index in [9.17, 15) is 4.79 Å². The van der Waals surface area contributed by atoms with Crippen LogP contribution < -0.4 is 5.32 Å². The fourth-order valence-electron chi connectivity index (χ4n) is 1.57. The second-order valence-corrected chi connectivity index (χ2v) is 3.82. The van der Waals surface area contributed by atoms with E-state index < -0.39 is 5.97 Å². The molecule has 0 fully saturated rings. The number of allylic oxidation sites excluding steroid dienone is 2. The number of rotatable bonds is 1. The molecule has 0 saturated heterocycles. The fourth-order valence-corrected chi connectivity index (χ4v) is 1.57. The lowest BCUT2D eigenvalue weighted by Gasteiger charge is -2.09. The minimum atomic E-state index is -0.916. The number of carbonyl (C=O) groups is 1. The van der Waals surface area contributed by atoms with Gasteiger partial charge in [0.2, 0.25) is 0 Å². The van der Waals surface area contributed by atoms with Gasteiger partial charge in [-0.3, -0.25) is 0 Å². The van der Waals surface area contributed by atoms with Gasteiger partial charge in [-0.2, -0.15) is 0 Å². The molecule has 1 aliphatic heterocycles. The van der Waals surface area contributed by atoms with E-state index in [0.29, 0.717) is 0 Å². The van der Waals surface area contributed by atoms with Gasteiger partial charge in [0.25, 0.3) is 0 Å². The van der Waals surface area contributed by atoms with Gasteiger partial charge in [-0.15, -0.1) is 0 Å². The molecule has 0 amide bonds. The van der Waals surface area contributed by atoms with E-state index in [1.165, 1.54) is 0 Å². The quantitative estimate of drug-likeness (QED) is 0.721. The molecule has 2 N–H and O–H groups in total. The van der Waals surface area contributed by atoms with Gasteiger partial charge in [0, 0.05) is 12.1 Å². The van der Waals surface area contributed by atoms with Crippen molar-refractivity contribution in [2.24, 2.45) is 0 Å². The summed E-state index contributed by atoms with van der Waals surface area (Å²) >= 11 is 0. The van der Waals surface area contributed by atoms with Crippen LogP contribution in [0.3, 0.4) is 0 Å². The van der Waals surface area contributed by atoms with E-state index in [1.54, 1.807) is 24.3 Å². The first-order valence-electron chi connectivity index (χ1n) is 5.55. The summed E-state index contributed by atoms with van der Waals surface area (Å²) in [4.78, 5) is 10.7. The maximum Gasteiger partial charge on any atom is 0.335 e. The predicted octanol–water partition coefficient (Wildman–Crippen LogP) is 2.00. The Labute approximate surface area is 100 Å². The highest BCUT2D eigenvalue weighted by molar-refractivity contribution is 5.87. The van der Waals surface area contributed by atoms with E-state index in [4.69, 9.17) is 5.11 Å². The molecule has 0 unspecified atom stereocenters. The molecule has 0 spiro atoms. The summed E-state index contributed by atoms with van der Waals surface area (Å²) in [6.07, 6.45) is 4.30. The van der Waals surface area contributed by atoms with Crippen LogP contribution in [0.15, 0.2) is 36.0 Å². The average Bonchev–Trinajstić information content (AvgIpc) is 2.38. The third kappa shape index (κ3) is 3.12. The SMILES string of the molecule is O=C(O)c1ccc(C#CC2=CCCCN2)cc1. The van der Waals surface area contributed by atoms with Crippen LogP contribution in [0.5, 0.6) is 0 Å². The molecule has 3 nitrogen and oxygen atoms in total. The lowest BCUT2D eigenvalue weighted by molar-refractivity contribution is 0.0697. The van der Waals surface area contributed by atoms with E-state index in [0.717, 1.165) is 30.6 Å². The fraction of sp³-hybridized carbons (Fsp3) is 0.214. The first-order chi connectivity index (χ1) is 8.25. The molecule has 0 saturated carbocycles. The Morgan fingerprint density at radius 2 is 2.00 bits per heavy atom. The minimum absolute atomic E-state index is 0.283. The molecule has 0 aliphatic carbocycles. The molecule has 0 aromatic heterocycles. The van der Waals surface area contributed by atoms with E-state index in [1.807, 2.05) is 0 Å². The Balaban J connectivity index is 2.11. The lowest BCUT2D eigenvalue weighted by atomic mass is 10.1. The molecule has 3 heteroatoms. The molecule has 1 aromatic carbocycles. The van der Waals surface area contributed by atoms with E-state index in [-0.39, 0.29) is 5.56 Å². The van der Waals surface area contributed by atoms with Crippen LogP contribution in [0.4, 0.5) is 0 Å². The van der Waals surface area contributed by atoms with Crippen molar-refractivity contribution in [2.45, 2.75) is 12.8 Å². The summed E-state index contributed by atoms with van der Waals surface area (Å²) in [7, 11) is 0. The molecule has 1 aromatic rings. The maximum atomic E-state index is 10.7. The minimum Gasteiger partial charge on any atom is -0.478 e. The molecular weight excluding hydrogens is 214 g/mol. The Bertz CT molecular complexity index is 503. The van der Waals surface area contributed by atoms with Gasteiger partial charge in [-0.05, 0) is 43.0 Å². The van der Waals surface area contributed by atoms with Gasteiger partial charge in [0.15, 0.2) is 0 Å². The Hall–Kier alpha value is -2.21.